The SMILES string of the molecule is COc1ccc(CNC(=O)N=C(C#N)c2ncn(Cc3ccccc3Cl)c2N)cc1. The summed E-state index contributed by atoms with van der Waals surface area (Å²) in [6, 6.07) is 15.8. The van der Waals surface area contributed by atoms with Crippen LogP contribution in [0.5, 0.6) is 5.75 Å². The minimum atomic E-state index is -0.664. The van der Waals surface area contributed by atoms with E-state index in [1.807, 2.05) is 36.4 Å². The van der Waals surface area contributed by atoms with Crippen molar-refractivity contribution in [3.8, 4) is 11.8 Å². The van der Waals surface area contributed by atoms with Crippen molar-refractivity contribution in [3.05, 3.63) is 76.7 Å². The van der Waals surface area contributed by atoms with Crippen LogP contribution < -0.4 is 15.8 Å². The molecule has 9 heteroatoms. The fourth-order valence-corrected chi connectivity index (χ4v) is 2.90. The number of benzene rings is 2. The Morgan fingerprint density at radius 3 is 2.70 bits per heavy atom. The third-order valence-electron chi connectivity index (χ3n) is 4.32. The lowest BCUT2D eigenvalue weighted by Gasteiger charge is -2.07. The molecule has 0 aliphatic rings. The van der Waals surface area contributed by atoms with Crippen molar-refractivity contribution < 1.29 is 9.53 Å². The summed E-state index contributed by atoms with van der Waals surface area (Å²) in [5.74, 6) is 0.941. The van der Waals surface area contributed by atoms with E-state index in [1.165, 1.54) is 6.33 Å². The Morgan fingerprint density at radius 1 is 1.30 bits per heavy atom. The van der Waals surface area contributed by atoms with Crippen LogP contribution in [0.1, 0.15) is 16.8 Å². The van der Waals surface area contributed by atoms with E-state index < -0.39 is 6.03 Å². The minimum absolute atomic E-state index is 0.143. The van der Waals surface area contributed by atoms with E-state index in [9.17, 15) is 10.1 Å². The van der Waals surface area contributed by atoms with E-state index in [1.54, 1.807) is 29.9 Å². The molecule has 1 heterocycles. The molecule has 0 saturated heterocycles. The van der Waals surface area contributed by atoms with Crippen molar-refractivity contribution >= 4 is 29.2 Å². The number of aliphatic imine (C=N–C) groups is 1. The van der Waals surface area contributed by atoms with Crippen LogP contribution in [0.25, 0.3) is 0 Å². The lowest BCUT2D eigenvalue weighted by Crippen LogP contribution is -2.21. The van der Waals surface area contributed by atoms with Crippen LogP contribution in [-0.4, -0.2) is 28.4 Å². The molecule has 0 radical (unpaired) electrons. The van der Waals surface area contributed by atoms with Crippen molar-refractivity contribution in [1.82, 2.24) is 14.9 Å². The zero-order valence-electron chi connectivity index (χ0n) is 16.2. The number of hydrogen-bond donors (Lipinski definition) is 2. The lowest BCUT2D eigenvalue weighted by atomic mass is 10.2. The zero-order valence-corrected chi connectivity index (χ0v) is 16.9. The molecule has 152 valence electrons. The number of urea groups is 1. The van der Waals surface area contributed by atoms with Crippen LogP contribution in [0, 0.1) is 11.3 Å². The summed E-state index contributed by atoms with van der Waals surface area (Å²) in [6.45, 7) is 0.627. The van der Waals surface area contributed by atoms with Crippen molar-refractivity contribution in [1.29, 1.82) is 5.26 Å². The number of halogens is 1. The van der Waals surface area contributed by atoms with E-state index in [2.05, 4.69) is 15.3 Å². The van der Waals surface area contributed by atoms with Crippen LogP contribution in [0.2, 0.25) is 5.02 Å². The topological polar surface area (TPSA) is 118 Å². The van der Waals surface area contributed by atoms with E-state index in [-0.39, 0.29) is 23.8 Å². The van der Waals surface area contributed by atoms with Gasteiger partial charge in [-0.25, -0.2) is 9.78 Å². The molecule has 3 rings (SSSR count). The predicted octanol–water partition coefficient (Wildman–Crippen LogP) is 3.40. The average Bonchev–Trinajstić information content (AvgIpc) is 3.12. The van der Waals surface area contributed by atoms with Crippen molar-refractivity contribution in [2.24, 2.45) is 4.99 Å². The molecule has 30 heavy (non-hydrogen) atoms. The molecular formula is C21H19ClN6O2. The summed E-state index contributed by atoms with van der Waals surface area (Å²) in [5.41, 5.74) is 7.81. The smallest absolute Gasteiger partial charge is 0.342 e. The first-order valence-electron chi connectivity index (χ1n) is 8.95. The van der Waals surface area contributed by atoms with Crippen molar-refractivity contribution in [3.63, 3.8) is 0 Å². The largest absolute Gasteiger partial charge is 0.497 e. The summed E-state index contributed by atoms with van der Waals surface area (Å²) in [4.78, 5) is 20.1. The number of nitrogens with zero attached hydrogens (tertiary/aromatic N) is 4. The van der Waals surface area contributed by atoms with Gasteiger partial charge in [-0.1, -0.05) is 41.9 Å². The van der Waals surface area contributed by atoms with Gasteiger partial charge in [-0.15, -0.1) is 0 Å². The molecule has 0 unspecified atom stereocenters. The van der Waals surface area contributed by atoms with Crippen molar-refractivity contribution in [2.45, 2.75) is 13.1 Å². The summed E-state index contributed by atoms with van der Waals surface area (Å²) >= 11 is 6.18. The predicted molar refractivity (Wildman–Crippen MR) is 115 cm³/mol. The van der Waals surface area contributed by atoms with Gasteiger partial charge in [0.05, 0.1) is 20.0 Å². The number of nitriles is 1. The van der Waals surface area contributed by atoms with E-state index >= 15 is 0 Å². The molecular weight excluding hydrogens is 404 g/mol. The number of methoxy groups -OCH3 is 1. The molecule has 0 aliphatic heterocycles. The summed E-state index contributed by atoms with van der Waals surface area (Å²) in [6.07, 6.45) is 1.48. The molecule has 2 aromatic carbocycles. The molecule has 0 atom stereocenters. The van der Waals surface area contributed by atoms with Crippen LogP contribution in [0.3, 0.4) is 0 Å². The molecule has 1 aromatic heterocycles. The van der Waals surface area contributed by atoms with Gasteiger partial charge < -0.3 is 20.4 Å². The Labute approximate surface area is 178 Å². The number of anilines is 1. The molecule has 0 fully saturated rings. The second kappa shape index (κ2) is 9.58. The summed E-state index contributed by atoms with van der Waals surface area (Å²) in [5, 5.41) is 12.7. The normalized spacial score (nSPS) is 11.0. The third-order valence-corrected chi connectivity index (χ3v) is 4.69. The maximum Gasteiger partial charge on any atom is 0.342 e. The molecule has 0 spiro atoms. The molecule has 0 saturated carbocycles. The van der Waals surface area contributed by atoms with E-state index in [0.29, 0.717) is 11.6 Å². The average molecular weight is 423 g/mol. The molecule has 3 N–H and O–H groups in total. The number of imidazole rings is 1. The number of hydrogen-bond acceptors (Lipinski definition) is 5. The zero-order chi connectivity index (χ0) is 21.5. The highest BCUT2D eigenvalue weighted by Gasteiger charge is 2.16. The molecule has 2 amide bonds. The molecule has 3 aromatic rings. The van der Waals surface area contributed by atoms with Gasteiger partial charge in [0.25, 0.3) is 0 Å². The first kappa shape index (κ1) is 20.9. The monoisotopic (exact) mass is 422 g/mol. The van der Waals surface area contributed by atoms with Crippen LogP contribution in [-0.2, 0) is 13.1 Å². The van der Waals surface area contributed by atoms with Crippen molar-refractivity contribution in [2.75, 3.05) is 12.8 Å². The van der Waals surface area contributed by atoms with Gasteiger partial charge in [0.2, 0.25) is 0 Å². The Hall–Kier alpha value is -3.83. The van der Waals surface area contributed by atoms with Gasteiger partial charge in [0.15, 0.2) is 5.71 Å². The first-order valence-corrected chi connectivity index (χ1v) is 9.33. The molecule has 0 aliphatic carbocycles. The second-order valence-electron chi connectivity index (χ2n) is 6.28. The number of nitrogens with one attached hydrogen (secondary N) is 1. The fraction of sp³-hybridized carbons (Fsp3) is 0.143. The van der Waals surface area contributed by atoms with Gasteiger partial charge in [-0.2, -0.15) is 10.3 Å². The quantitative estimate of drug-likeness (QED) is 0.590. The number of carbonyl (C=O) groups excluding carboxylic acids is 1. The maximum absolute atomic E-state index is 12.2. The van der Waals surface area contributed by atoms with Gasteiger partial charge >= 0.3 is 6.03 Å². The number of carbonyl (C=O) groups is 1. The summed E-state index contributed by atoms with van der Waals surface area (Å²) < 4.78 is 6.73. The van der Waals surface area contributed by atoms with Gasteiger partial charge in [0, 0.05) is 11.6 Å². The van der Waals surface area contributed by atoms with Crippen LogP contribution in [0.4, 0.5) is 10.6 Å². The number of nitrogens with two attached hydrogens (primary N) is 1. The first-order chi connectivity index (χ1) is 14.5. The maximum atomic E-state index is 12.2. The number of amides is 2. The highest BCUT2D eigenvalue weighted by Crippen LogP contribution is 2.19. The number of ether oxygens (including phenoxy) is 1. The third kappa shape index (κ3) is 4.96. The Balaban J connectivity index is 1.71. The fourth-order valence-electron chi connectivity index (χ4n) is 2.70. The minimum Gasteiger partial charge on any atom is -0.497 e. The van der Waals surface area contributed by atoms with Crippen LogP contribution >= 0.6 is 11.6 Å². The highest BCUT2D eigenvalue weighted by molar-refractivity contribution is 6.31. The van der Waals surface area contributed by atoms with Crippen LogP contribution in [0.15, 0.2) is 59.9 Å². The van der Waals surface area contributed by atoms with Gasteiger partial charge in [-0.05, 0) is 29.3 Å². The number of nitrogen functional groups attached to an aromatic ring is 1. The Bertz CT molecular complexity index is 1120. The number of rotatable bonds is 6. The van der Waals surface area contributed by atoms with Gasteiger partial charge in [-0.3, -0.25) is 0 Å². The standard InChI is InChI=1S/C21H19ClN6O2/c1-30-16-8-6-14(7-9-16)11-25-21(29)27-18(10-23)19-20(24)28(13-26-19)12-15-4-2-3-5-17(15)22/h2-9,13H,11-12,24H2,1H3,(H,25,29). The van der Waals surface area contributed by atoms with E-state index in [4.69, 9.17) is 22.1 Å². The van der Waals surface area contributed by atoms with E-state index in [0.717, 1.165) is 16.9 Å². The summed E-state index contributed by atoms with van der Waals surface area (Å²) in [7, 11) is 1.58. The molecule has 8 nitrogen and oxygen atoms in total. The number of aromatic nitrogens is 2. The second-order valence-corrected chi connectivity index (χ2v) is 6.68. The lowest BCUT2D eigenvalue weighted by molar-refractivity contribution is 0.249. The Kier molecular flexibility index (Phi) is 6.67. The molecule has 0 bridgehead atoms. The Morgan fingerprint density at radius 2 is 2.03 bits per heavy atom. The highest BCUT2D eigenvalue weighted by atomic mass is 35.5. The van der Waals surface area contributed by atoms with Gasteiger partial charge in [0.1, 0.15) is 23.3 Å².